The second-order valence-electron chi connectivity index (χ2n) is 5.56. The number of benzene rings is 2. The Morgan fingerprint density at radius 2 is 1.96 bits per heavy atom. The summed E-state index contributed by atoms with van der Waals surface area (Å²) in [6.45, 7) is 3.83. The molecule has 23 heavy (non-hydrogen) atoms. The number of hydrogen-bond acceptors (Lipinski definition) is 3. The second-order valence-corrected chi connectivity index (χ2v) is 5.56. The number of carbonyl (C=O) groups is 1. The summed E-state index contributed by atoms with van der Waals surface area (Å²) in [5.41, 5.74) is 3.22. The molecule has 1 heterocycles. The van der Waals surface area contributed by atoms with E-state index in [-0.39, 0.29) is 18.0 Å². The third-order valence-electron chi connectivity index (χ3n) is 3.71. The van der Waals surface area contributed by atoms with Crippen LogP contribution in [0.5, 0.6) is 0 Å². The Morgan fingerprint density at radius 3 is 2.78 bits per heavy atom. The summed E-state index contributed by atoms with van der Waals surface area (Å²) in [6, 6.07) is 12.9. The van der Waals surface area contributed by atoms with Gasteiger partial charge in [-0.05, 0) is 43.2 Å². The lowest BCUT2D eigenvalue weighted by Gasteiger charge is -2.10. The molecule has 0 fully saturated rings. The first-order chi connectivity index (χ1) is 11.0. The molecule has 0 aliphatic rings. The summed E-state index contributed by atoms with van der Waals surface area (Å²) in [7, 11) is 0. The van der Waals surface area contributed by atoms with Gasteiger partial charge < -0.3 is 5.32 Å². The van der Waals surface area contributed by atoms with Crippen molar-refractivity contribution in [3.63, 3.8) is 0 Å². The van der Waals surface area contributed by atoms with Gasteiger partial charge in [-0.25, -0.2) is 4.98 Å². The summed E-state index contributed by atoms with van der Waals surface area (Å²) in [5.74, 6) is -0.252. The molecule has 1 aromatic heterocycles. The van der Waals surface area contributed by atoms with Gasteiger partial charge in [-0.3, -0.25) is 14.2 Å². The van der Waals surface area contributed by atoms with Gasteiger partial charge in [0.1, 0.15) is 6.54 Å². The van der Waals surface area contributed by atoms with Crippen LogP contribution in [-0.2, 0) is 11.3 Å². The first kappa shape index (κ1) is 15.0. The molecular formula is C18H17N3O2. The molecule has 0 bridgehead atoms. The maximum atomic E-state index is 12.4. The number of carbonyl (C=O) groups excluding carboxylic acids is 1. The minimum atomic E-state index is -0.252. The second kappa shape index (κ2) is 6.04. The molecule has 0 unspecified atom stereocenters. The molecule has 116 valence electrons. The van der Waals surface area contributed by atoms with E-state index in [2.05, 4.69) is 10.3 Å². The first-order valence-corrected chi connectivity index (χ1v) is 7.36. The summed E-state index contributed by atoms with van der Waals surface area (Å²) >= 11 is 0. The highest BCUT2D eigenvalue weighted by molar-refractivity contribution is 5.91. The van der Waals surface area contributed by atoms with Crippen LogP contribution in [0.2, 0.25) is 0 Å². The number of hydrogen-bond donors (Lipinski definition) is 1. The van der Waals surface area contributed by atoms with Crippen LogP contribution >= 0.6 is 0 Å². The van der Waals surface area contributed by atoms with E-state index in [0.717, 1.165) is 16.8 Å². The van der Waals surface area contributed by atoms with Gasteiger partial charge in [0.2, 0.25) is 5.91 Å². The largest absolute Gasteiger partial charge is 0.324 e. The Labute approximate surface area is 133 Å². The zero-order chi connectivity index (χ0) is 16.4. The molecule has 5 heteroatoms. The van der Waals surface area contributed by atoms with E-state index in [1.165, 1.54) is 10.9 Å². The zero-order valence-electron chi connectivity index (χ0n) is 13.0. The van der Waals surface area contributed by atoms with Gasteiger partial charge in [-0.15, -0.1) is 0 Å². The molecule has 2 aromatic carbocycles. The fourth-order valence-corrected chi connectivity index (χ4v) is 2.43. The third kappa shape index (κ3) is 3.13. The van der Waals surface area contributed by atoms with E-state index in [1.54, 1.807) is 18.2 Å². The first-order valence-electron chi connectivity index (χ1n) is 7.36. The Morgan fingerprint density at radius 1 is 1.17 bits per heavy atom. The van der Waals surface area contributed by atoms with Gasteiger partial charge in [0.25, 0.3) is 5.56 Å². The van der Waals surface area contributed by atoms with Gasteiger partial charge in [0.15, 0.2) is 0 Å². The highest BCUT2D eigenvalue weighted by Crippen LogP contribution is 2.16. The number of rotatable bonds is 3. The molecule has 5 nitrogen and oxygen atoms in total. The molecule has 0 radical (unpaired) electrons. The van der Waals surface area contributed by atoms with E-state index in [1.807, 2.05) is 38.1 Å². The van der Waals surface area contributed by atoms with Crippen molar-refractivity contribution in [3.8, 4) is 0 Å². The molecule has 3 aromatic rings. The molecule has 0 saturated heterocycles. The Balaban J connectivity index is 1.84. The SMILES string of the molecule is Cc1ccc(C)c(NC(=O)Cn2cnc3ccccc3c2=O)c1. The third-order valence-corrected chi connectivity index (χ3v) is 3.71. The highest BCUT2D eigenvalue weighted by atomic mass is 16.2. The van der Waals surface area contributed by atoms with Crippen molar-refractivity contribution < 1.29 is 4.79 Å². The van der Waals surface area contributed by atoms with Gasteiger partial charge in [-0.2, -0.15) is 0 Å². The van der Waals surface area contributed by atoms with Gasteiger partial charge in [-0.1, -0.05) is 24.3 Å². The van der Waals surface area contributed by atoms with E-state index >= 15 is 0 Å². The number of aromatic nitrogens is 2. The average molecular weight is 307 g/mol. The number of aryl methyl sites for hydroxylation is 2. The molecule has 3 rings (SSSR count). The van der Waals surface area contributed by atoms with Crippen molar-refractivity contribution in [2.45, 2.75) is 20.4 Å². The predicted octanol–water partition coefficient (Wildman–Crippen LogP) is 2.65. The van der Waals surface area contributed by atoms with E-state index in [9.17, 15) is 9.59 Å². The van der Waals surface area contributed by atoms with Crippen LogP contribution in [0.25, 0.3) is 10.9 Å². The minimum absolute atomic E-state index is 0.0654. The number of nitrogens with one attached hydrogen (secondary N) is 1. The number of nitrogens with zero attached hydrogens (tertiary/aromatic N) is 2. The van der Waals surface area contributed by atoms with E-state index < -0.39 is 0 Å². The normalized spacial score (nSPS) is 10.7. The van der Waals surface area contributed by atoms with Crippen LogP contribution < -0.4 is 10.9 Å². The van der Waals surface area contributed by atoms with Gasteiger partial charge in [0.05, 0.1) is 17.2 Å². The lowest BCUT2D eigenvalue weighted by atomic mass is 10.1. The Kier molecular flexibility index (Phi) is 3.93. The maximum absolute atomic E-state index is 12.4. The van der Waals surface area contributed by atoms with Crippen LogP contribution in [-0.4, -0.2) is 15.5 Å². The minimum Gasteiger partial charge on any atom is -0.324 e. The monoisotopic (exact) mass is 307 g/mol. The Hall–Kier alpha value is -2.95. The molecule has 0 spiro atoms. The van der Waals surface area contributed by atoms with Crippen LogP contribution in [0.3, 0.4) is 0 Å². The fraction of sp³-hybridized carbons (Fsp3) is 0.167. The highest BCUT2D eigenvalue weighted by Gasteiger charge is 2.09. The van der Waals surface area contributed by atoms with E-state index in [0.29, 0.717) is 10.9 Å². The molecule has 0 saturated carbocycles. The number of amides is 1. The molecule has 0 aliphatic heterocycles. The standard InChI is InChI=1S/C18H17N3O2/c1-12-7-8-13(2)16(9-12)20-17(22)10-21-11-19-15-6-4-3-5-14(15)18(21)23/h3-9,11H,10H2,1-2H3,(H,20,22). The zero-order valence-corrected chi connectivity index (χ0v) is 13.0. The summed E-state index contributed by atoms with van der Waals surface area (Å²) < 4.78 is 1.32. The number of fused-ring (bicyclic) bond motifs is 1. The van der Waals surface area contributed by atoms with Crippen LogP contribution in [0.15, 0.2) is 53.6 Å². The van der Waals surface area contributed by atoms with Crippen molar-refractivity contribution in [2.75, 3.05) is 5.32 Å². The number of anilines is 1. The number of para-hydroxylation sites is 1. The average Bonchev–Trinajstić information content (AvgIpc) is 2.54. The fourth-order valence-electron chi connectivity index (χ4n) is 2.43. The van der Waals surface area contributed by atoms with Crippen LogP contribution in [0.1, 0.15) is 11.1 Å². The Bertz CT molecular complexity index is 944. The summed E-state index contributed by atoms with van der Waals surface area (Å²) in [6.07, 6.45) is 1.41. The van der Waals surface area contributed by atoms with Gasteiger partial charge >= 0.3 is 0 Å². The van der Waals surface area contributed by atoms with Crippen molar-refractivity contribution in [3.05, 3.63) is 70.3 Å². The molecular weight excluding hydrogens is 290 g/mol. The van der Waals surface area contributed by atoms with Crippen molar-refractivity contribution >= 4 is 22.5 Å². The summed E-state index contributed by atoms with van der Waals surface area (Å²) in [4.78, 5) is 28.8. The topological polar surface area (TPSA) is 64.0 Å². The van der Waals surface area contributed by atoms with Crippen molar-refractivity contribution in [1.29, 1.82) is 0 Å². The van der Waals surface area contributed by atoms with Crippen molar-refractivity contribution in [1.82, 2.24) is 9.55 Å². The van der Waals surface area contributed by atoms with E-state index in [4.69, 9.17) is 0 Å². The quantitative estimate of drug-likeness (QED) is 0.809. The van der Waals surface area contributed by atoms with Crippen molar-refractivity contribution in [2.24, 2.45) is 0 Å². The summed E-state index contributed by atoms with van der Waals surface area (Å²) in [5, 5.41) is 3.36. The molecule has 0 atom stereocenters. The van der Waals surface area contributed by atoms with Gasteiger partial charge in [0, 0.05) is 5.69 Å². The predicted molar refractivity (Wildman–Crippen MR) is 90.5 cm³/mol. The molecule has 1 N–H and O–H groups in total. The lowest BCUT2D eigenvalue weighted by molar-refractivity contribution is -0.116. The smallest absolute Gasteiger partial charge is 0.261 e. The lowest BCUT2D eigenvalue weighted by Crippen LogP contribution is -2.28. The van der Waals surface area contributed by atoms with Crippen LogP contribution in [0.4, 0.5) is 5.69 Å². The maximum Gasteiger partial charge on any atom is 0.261 e. The molecule has 0 aliphatic carbocycles. The van der Waals surface area contributed by atoms with Crippen LogP contribution in [0, 0.1) is 13.8 Å². The molecule has 1 amide bonds.